The zero-order valence-corrected chi connectivity index (χ0v) is 19.4. The molecule has 7 nitrogen and oxygen atoms in total. The lowest BCUT2D eigenvalue weighted by molar-refractivity contribution is -0.127. The summed E-state index contributed by atoms with van der Waals surface area (Å²) < 4.78 is 23.6. The number of aromatic nitrogens is 1. The van der Waals surface area contributed by atoms with Gasteiger partial charge in [0.05, 0.1) is 22.7 Å². The Morgan fingerprint density at radius 3 is 2.38 bits per heavy atom. The number of sulfone groups is 1. The van der Waals surface area contributed by atoms with Crippen molar-refractivity contribution in [3.63, 3.8) is 0 Å². The number of aliphatic hydroxyl groups is 1. The third-order valence-corrected chi connectivity index (χ3v) is 10.3. The third kappa shape index (κ3) is 3.54. The van der Waals surface area contributed by atoms with Crippen molar-refractivity contribution in [2.24, 2.45) is 11.8 Å². The lowest BCUT2D eigenvalue weighted by atomic mass is 9.51. The molecule has 1 amide bonds. The summed E-state index contributed by atoms with van der Waals surface area (Å²) in [5, 5.41) is 14.9. The highest BCUT2D eigenvalue weighted by atomic mass is 32.2. The van der Waals surface area contributed by atoms with E-state index in [-0.39, 0.29) is 36.0 Å². The van der Waals surface area contributed by atoms with E-state index in [9.17, 15) is 18.3 Å². The first kappa shape index (κ1) is 20.9. The number of nitrogens with one attached hydrogen (secondary N) is 1. The number of carbonyl (C=O) groups is 1. The van der Waals surface area contributed by atoms with Crippen LogP contribution >= 0.6 is 0 Å². The Morgan fingerprint density at radius 1 is 1.06 bits per heavy atom. The number of hydrogen-bond donors (Lipinski definition) is 2. The van der Waals surface area contributed by atoms with Crippen molar-refractivity contribution in [2.75, 3.05) is 29.9 Å². The molecule has 32 heavy (non-hydrogen) atoms. The van der Waals surface area contributed by atoms with E-state index in [0.29, 0.717) is 17.4 Å². The maximum atomic E-state index is 13.3. The van der Waals surface area contributed by atoms with Crippen molar-refractivity contribution >= 4 is 21.6 Å². The molecule has 1 saturated heterocycles. The van der Waals surface area contributed by atoms with E-state index in [1.54, 1.807) is 11.1 Å². The fraction of sp³-hybridized carbons (Fsp3) is 0.750. The third-order valence-electron chi connectivity index (χ3n) is 8.68. The first-order valence-corrected chi connectivity index (χ1v) is 14.1. The normalized spacial score (nSPS) is 37.2. The molecule has 174 valence electrons. The van der Waals surface area contributed by atoms with Gasteiger partial charge >= 0.3 is 0 Å². The molecule has 2 heterocycles. The first-order valence-electron chi connectivity index (χ1n) is 12.2. The van der Waals surface area contributed by atoms with Crippen molar-refractivity contribution in [1.82, 2.24) is 9.88 Å². The minimum absolute atomic E-state index is 0.0434. The van der Waals surface area contributed by atoms with Gasteiger partial charge in [-0.05, 0) is 87.2 Å². The average molecular weight is 460 g/mol. The van der Waals surface area contributed by atoms with Gasteiger partial charge in [-0.2, -0.15) is 0 Å². The fourth-order valence-corrected chi connectivity index (χ4v) is 8.94. The summed E-state index contributed by atoms with van der Waals surface area (Å²) >= 11 is 0. The van der Waals surface area contributed by atoms with Crippen LogP contribution in [0.5, 0.6) is 0 Å². The van der Waals surface area contributed by atoms with Crippen LogP contribution in [-0.2, 0) is 22.7 Å². The molecule has 2 N–H and O–H groups in total. The summed E-state index contributed by atoms with van der Waals surface area (Å²) in [6.07, 6.45) is 11.8. The second-order valence-electron chi connectivity index (χ2n) is 11.2. The van der Waals surface area contributed by atoms with Gasteiger partial charge in [-0.3, -0.25) is 4.79 Å². The molecule has 0 spiro atoms. The maximum Gasteiger partial charge on any atom is 0.255 e. The Kier molecular flexibility index (Phi) is 4.68. The number of anilines is 1. The summed E-state index contributed by atoms with van der Waals surface area (Å²) in [7, 11) is -3.03. The molecule has 0 aromatic carbocycles. The second kappa shape index (κ2) is 7.16. The number of nitrogens with zero attached hydrogens (tertiary/aromatic N) is 2. The Labute approximate surface area is 189 Å². The molecule has 7 rings (SSSR count). The summed E-state index contributed by atoms with van der Waals surface area (Å²) in [6.45, 7) is 0.529. The lowest BCUT2D eigenvalue weighted by Gasteiger charge is -2.60. The van der Waals surface area contributed by atoms with Crippen molar-refractivity contribution in [1.29, 1.82) is 0 Å². The number of carbonyl (C=O) groups excluding carboxylic acids is 1. The van der Waals surface area contributed by atoms with Crippen LogP contribution in [0, 0.1) is 11.8 Å². The van der Waals surface area contributed by atoms with Gasteiger partial charge in [0.25, 0.3) is 5.91 Å². The highest BCUT2D eigenvalue weighted by Crippen LogP contribution is 2.58. The quantitative estimate of drug-likeness (QED) is 0.720. The van der Waals surface area contributed by atoms with E-state index < -0.39 is 15.4 Å². The van der Waals surface area contributed by atoms with Crippen molar-refractivity contribution in [3.05, 3.63) is 22.9 Å². The zero-order chi connectivity index (χ0) is 22.1. The van der Waals surface area contributed by atoms with E-state index in [1.165, 1.54) is 6.42 Å². The summed E-state index contributed by atoms with van der Waals surface area (Å²) in [5.41, 5.74) is 2.30. The van der Waals surface area contributed by atoms with Gasteiger partial charge in [-0.15, -0.1) is 0 Å². The summed E-state index contributed by atoms with van der Waals surface area (Å²) in [4.78, 5) is 19.7. The van der Waals surface area contributed by atoms with Gasteiger partial charge in [0, 0.05) is 24.8 Å². The lowest BCUT2D eigenvalue weighted by Crippen LogP contribution is -2.62. The Balaban J connectivity index is 1.30. The molecule has 4 saturated carbocycles. The Morgan fingerprint density at radius 2 is 1.72 bits per heavy atom. The van der Waals surface area contributed by atoms with Gasteiger partial charge in [0.1, 0.15) is 5.82 Å². The second-order valence-corrected chi connectivity index (χ2v) is 13.5. The minimum Gasteiger partial charge on any atom is -0.390 e. The van der Waals surface area contributed by atoms with Gasteiger partial charge in [0.2, 0.25) is 0 Å². The minimum atomic E-state index is -3.03. The van der Waals surface area contributed by atoms with Crippen LogP contribution in [0.15, 0.2) is 6.20 Å². The molecule has 1 aromatic heterocycles. The van der Waals surface area contributed by atoms with Crippen LogP contribution < -0.4 is 5.32 Å². The van der Waals surface area contributed by atoms with Crippen LogP contribution in [0.25, 0.3) is 0 Å². The number of pyridine rings is 1. The molecule has 1 aliphatic heterocycles. The topological polar surface area (TPSA) is 99.6 Å². The number of rotatable bonds is 3. The van der Waals surface area contributed by atoms with Gasteiger partial charge in [-0.25, -0.2) is 13.4 Å². The van der Waals surface area contributed by atoms with Gasteiger partial charge in [0.15, 0.2) is 9.84 Å². The molecule has 2 unspecified atom stereocenters. The molecular formula is C24H33N3O4S. The number of fused-ring (bicyclic) bond motifs is 1. The predicted octanol–water partition coefficient (Wildman–Crippen LogP) is 2.33. The molecule has 1 aromatic rings. The number of amides is 1. The van der Waals surface area contributed by atoms with E-state index in [4.69, 9.17) is 4.98 Å². The SMILES string of the molecule is O=C(c1cnc(NC23CC4CC(CC(O)(C4)C2)C3)c2c1CCCC2)N1CCS(=O)(=O)CC1. The smallest absolute Gasteiger partial charge is 0.255 e. The fourth-order valence-electron chi connectivity index (χ4n) is 7.74. The van der Waals surface area contributed by atoms with Crippen LogP contribution in [0.1, 0.15) is 72.9 Å². The highest BCUT2D eigenvalue weighted by Gasteiger charge is 2.57. The van der Waals surface area contributed by atoms with Crippen LogP contribution in [0.3, 0.4) is 0 Å². The monoisotopic (exact) mass is 459 g/mol. The molecular weight excluding hydrogens is 426 g/mol. The highest BCUT2D eigenvalue weighted by molar-refractivity contribution is 7.91. The molecule has 6 aliphatic rings. The van der Waals surface area contributed by atoms with Gasteiger partial charge in [-0.1, -0.05) is 0 Å². The molecule has 2 atom stereocenters. The molecule has 5 fully saturated rings. The maximum absolute atomic E-state index is 13.3. The largest absolute Gasteiger partial charge is 0.390 e. The Hall–Kier alpha value is -1.67. The van der Waals surface area contributed by atoms with Gasteiger partial charge < -0.3 is 15.3 Å². The average Bonchev–Trinajstić information content (AvgIpc) is 2.71. The summed E-state index contributed by atoms with van der Waals surface area (Å²) in [6, 6.07) is 0. The molecule has 8 heteroatoms. The van der Waals surface area contributed by atoms with Crippen LogP contribution in [-0.4, -0.2) is 65.1 Å². The van der Waals surface area contributed by atoms with Crippen LogP contribution in [0.4, 0.5) is 5.82 Å². The summed E-state index contributed by atoms with van der Waals surface area (Å²) in [5.74, 6) is 2.11. The van der Waals surface area contributed by atoms with E-state index >= 15 is 0 Å². The van der Waals surface area contributed by atoms with Crippen molar-refractivity contribution < 1.29 is 18.3 Å². The predicted molar refractivity (Wildman–Crippen MR) is 121 cm³/mol. The Bertz CT molecular complexity index is 1040. The van der Waals surface area contributed by atoms with Crippen molar-refractivity contribution in [3.8, 4) is 0 Å². The number of hydrogen-bond acceptors (Lipinski definition) is 6. The molecule has 0 radical (unpaired) electrons. The standard InChI is InChI=1S/C24H33N3O4S/c28-22(27-5-7-32(30,31)8-6-27)20-14-25-21(19-4-2-1-3-18(19)20)26-23-10-16-9-17(11-23)13-24(29,12-16)15-23/h14,16-17,29H,1-13,15H2,(H,25,26). The zero-order valence-electron chi connectivity index (χ0n) is 18.6. The van der Waals surface area contributed by atoms with Crippen molar-refractivity contribution in [2.45, 2.75) is 75.3 Å². The molecule has 5 aliphatic carbocycles. The van der Waals surface area contributed by atoms with E-state index in [1.807, 2.05) is 0 Å². The molecule has 4 bridgehead atoms. The van der Waals surface area contributed by atoms with Crippen LogP contribution in [0.2, 0.25) is 0 Å². The van der Waals surface area contributed by atoms with E-state index in [0.717, 1.165) is 74.7 Å². The van der Waals surface area contributed by atoms with E-state index in [2.05, 4.69) is 5.32 Å². The first-order chi connectivity index (χ1) is 15.2.